The first kappa shape index (κ1) is 18.1. The Hall–Kier alpha value is -2.69. The molecule has 1 heterocycles. The van der Waals surface area contributed by atoms with Gasteiger partial charge in [0.25, 0.3) is 0 Å². The van der Waals surface area contributed by atoms with Crippen LogP contribution < -0.4 is 5.32 Å². The van der Waals surface area contributed by atoms with Gasteiger partial charge in [0, 0.05) is 12.1 Å². The molecule has 0 radical (unpaired) electrons. The number of nitrogens with zero attached hydrogens (tertiary/aromatic N) is 3. The topological polar surface area (TPSA) is 59.8 Å². The molecule has 3 aromatic rings. The summed E-state index contributed by atoms with van der Waals surface area (Å²) in [5.74, 6) is 0.0324. The summed E-state index contributed by atoms with van der Waals surface area (Å²) < 4.78 is 0. The Kier molecular flexibility index (Phi) is 5.66. The van der Waals surface area contributed by atoms with Gasteiger partial charge in [0.1, 0.15) is 11.0 Å². The highest BCUT2D eigenvalue weighted by Crippen LogP contribution is 2.22. The first-order chi connectivity index (χ1) is 12.6. The number of nitrogens with one attached hydrogen (secondary N) is 1. The maximum absolute atomic E-state index is 11.9. The largest absolute Gasteiger partial charge is 0.326 e. The van der Waals surface area contributed by atoms with E-state index in [1.807, 2.05) is 26.0 Å². The van der Waals surface area contributed by atoms with E-state index < -0.39 is 0 Å². The first-order valence-corrected chi connectivity index (χ1v) is 9.37. The van der Waals surface area contributed by atoms with Gasteiger partial charge < -0.3 is 5.32 Å². The predicted molar refractivity (Wildman–Crippen MR) is 106 cm³/mol. The van der Waals surface area contributed by atoms with E-state index in [9.17, 15) is 4.79 Å². The molecule has 3 rings (SSSR count). The average molecular weight is 350 g/mol. The van der Waals surface area contributed by atoms with Gasteiger partial charge in [-0.05, 0) is 61.6 Å². The van der Waals surface area contributed by atoms with Crippen LogP contribution in [-0.2, 0) is 11.2 Å². The molecule has 0 aliphatic rings. The van der Waals surface area contributed by atoms with E-state index in [-0.39, 0.29) is 5.91 Å². The molecule has 26 heavy (non-hydrogen) atoms. The number of carbonyl (C=O) groups excluding carboxylic acids is 1. The molecule has 5 nitrogen and oxygen atoms in total. The number of aryl methyl sites for hydroxylation is 2. The Labute approximate surface area is 154 Å². The molecule has 0 saturated heterocycles. The monoisotopic (exact) mass is 350 g/mol. The molecule has 0 saturated carbocycles. The van der Waals surface area contributed by atoms with Crippen molar-refractivity contribution in [2.45, 2.75) is 52.9 Å². The number of carbonyl (C=O) groups is 1. The zero-order valence-electron chi connectivity index (χ0n) is 15.7. The van der Waals surface area contributed by atoms with Crippen LogP contribution in [0.4, 0.5) is 5.69 Å². The first-order valence-electron chi connectivity index (χ1n) is 9.37. The molecular formula is C21H26N4O. The summed E-state index contributed by atoms with van der Waals surface area (Å²) >= 11 is 0. The summed E-state index contributed by atoms with van der Waals surface area (Å²) in [6.07, 6.45) is 4.86. The fraction of sp³-hybridized carbons (Fsp3) is 0.381. The molecule has 136 valence electrons. The van der Waals surface area contributed by atoms with Crippen molar-refractivity contribution >= 4 is 22.6 Å². The zero-order valence-corrected chi connectivity index (χ0v) is 15.7. The predicted octanol–water partition coefficient (Wildman–Crippen LogP) is 4.81. The van der Waals surface area contributed by atoms with Crippen molar-refractivity contribution in [1.29, 1.82) is 0 Å². The lowest BCUT2D eigenvalue weighted by Gasteiger charge is -2.07. The number of aromatic nitrogens is 3. The number of unbranched alkanes of at least 4 members (excludes halogenated alkanes) is 1. The third-order valence-corrected chi connectivity index (χ3v) is 4.46. The van der Waals surface area contributed by atoms with Crippen molar-refractivity contribution in [3.8, 4) is 5.69 Å². The van der Waals surface area contributed by atoms with Gasteiger partial charge in [-0.25, -0.2) is 0 Å². The smallest absolute Gasteiger partial charge is 0.224 e. The van der Waals surface area contributed by atoms with Crippen molar-refractivity contribution in [3.63, 3.8) is 0 Å². The molecule has 5 heteroatoms. The van der Waals surface area contributed by atoms with Crippen LogP contribution in [0.15, 0.2) is 36.4 Å². The summed E-state index contributed by atoms with van der Waals surface area (Å²) in [5, 5.41) is 12.1. The molecule has 0 unspecified atom stereocenters. The van der Waals surface area contributed by atoms with Crippen LogP contribution in [0.3, 0.4) is 0 Å². The number of fused-ring (bicyclic) bond motifs is 1. The van der Waals surface area contributed by atoms with E-state index in [0.717, 1.165) is 40.8 Å². The standard InChI is InChI=1S/C21H26N4O/c1-4-6-8-16-9-11-17(12-10-16)25-23-19-13-15(3)18(14-20(19)24-25)22-21(26)7-5-2/h9-14H,4-8H2,1-3H3,(H,22,26). The fourth-order valence-electron chi connectivity index (χ4n) is 2.93. The van der Waals surface area contributed by atoms with Gasteiger partial charge in [0.15, 0.2) is 0 Å². The fourth-order valence-corrected chi connectivity index (χ4v) is 2.93. The number of hydrogen-bond acceptors (Lipinski definition) is 3. The van der Waals surface area contributed by atoms with Crippen molar-refractivity contribution < 1.29 is 4.79 Å². The average Bonchev–Trinajstić information content (AvgIpc) is 3.03. The molecule has 1 aromatic heterocycles. The SMILES string of the molecule is CCCCc1ccc(-n2nc3cc(C)c(NC(=O)CCC)cc3n2)cc1. The van der Waals surface area contributed by atoms with E-state index in [1.165, 1.54) is 18.4 Å². The van der Waals surface area contributed by atoms with E-state index in [2.05, 4.69) is 46.7 Å². The van der Waals surface area contributed by atoms with Gasteiger partial charge in [-0.15, -0.1) is 10.2 Å². The highest BCUT2D eigenvalue weighted by molar-refractivity contribution is 5.94. The maximum atomic E-state index is 11.9. The lowest BCUT2D eigenvalue weighted by Crippen LogP contribution is -2.11. The molecule has 0 fully saturated rings. The van der Waals surface area contributed by atoms with Crippen LogP contribution in [-0.4, -0.2) is 20.9 Å². The molecular weight excluding hydrogens is 324 g/mol. The number of rotatable bonds is 7. The van der Waals surface area contributed by atoms with Gasteiger partial charge in [0.2, 0.25) is 5.91 Å². The second-order valence-electron chi connectivity index (χ2n) is 6.71. The van der Waals surface area contributed by atoms with Crippen molar-refractivity contribution in [1.82, 2.24) is 15.0 Å². The molecule has 0 atom stereocenters. The van der Waals surface area contributed by atoms with Gasteiger partial charge in [-0.1, -0.05) is 32.4 Å². The Bertz CT molecular complexity index is 896. The zero-order chi connectivity index (χ0) is 18.5. The van der Waals surface area contributed by atoms with Gasteiger partial charge >= 0.3 is 0 Å². The summed E-state index contributed by atoms with van der Waals surface area (Å²) in [5.41, 5.74) is 5.67. The minimum Gasteiger partial charge on any atom is -0.326 e. The van der Waals surface area contributed by atoms with Crippen molar-refractivity contribution in [3.05, 3.63) is 47.5 Å². The third-order valence-electron chi connectivity index (χ3n) is 4.46. The maximum Gasteiger partial charge on any atom is 0.224 e. The Morgan fingerprint density at radius 2 is 1.73 bits per heavy atom. The molecule has 1 amide bonds. The van der Waals surface area contributed by atoms with Gasteiger partial charge in [-0.3, -0.25) is 4.79 Å². The van der Waals surface area contributed by atoms with Crippen LogP contribution in [0, 0.1) is 6.92 Å². The van der Waals surface area contributed by atoms with E-state index >= 15 is 0 Å². The highest BCUT2D eigenvalue weighted by Gasteiger charge is 2.10. The molecule has 0 spiro atoms. The van der Waals surface area contributed by atoms with Crippen LogP contribution in [0.2, 0.25) is 0 Å². The Morgan fingerprint density at radius 1 is 1.04 bits per heavy atom. The number of amides is 1. The Morgan fingerprint density at radius 3 is 2.38 bits per heavy atom. The second kappa shape index (κ2) is 8.13. The van der Waals surface area contributed by atoms with Crippen LogP contribution in [0.25, 0.3) is 16.7 Å². The highest BCUT2D eigenvalue weighted by atomic mass is 16.1. The van der Waals surface area contributed by atoms with Crippen LogP contribution >= 0.6 is 0 Å². The summed E-state index contributed by atoms with van der Waals surface area (Å²) in [6, 6.07) is 12.3. The molecule has 0 bridgehead atoms. The second-order valence-corrected chi connectivity index (χ2v) is 6.71. The van der Waals surface area contributed by atoms with Gasteiger partial charge in [0.05, 0.1) is 5.69 Å². The van der Waals surface area contributed by atoms with Gasteiger partial charge in [-0.2, -0.15) is 4.80 Å². The summed E-state index contributed by atoms with van der Waals surface area (Å²) in [4.78, 5) is 13.5. The number of hydrogen-bond donors (Lipinski definition) is 1. The summed E-state index contributed by atoms with van der Waals surface area (Å²) in [6.45, 7) is 6.17. The molecule has 1 N–H and O–H groups in total. The number of anilines is 1. The van der Waals surface area contributed by atoms with E-state index in [1.54, 1.807) is 4.80 Å². The summed E-state index contributed by atoms with van der Waals surface area (Å²) in [7, 11) is 0. The third kappa shape index (κ3) is 4.10. The lowest BCUT2D eigenvalue weighted by molar-refractivity contribution is -0.116. The Balaban J connectivity index is 1.85. The van der Waals surface area contributed by atoms with Crippen LogP contribution in [0.1, 0.15) is 50.7 Å². The quantitative estimate of drug-likeness (QED) is 0.665. The van der Waals surface area contributed by atoms with E-state index in [0.29, 0.717) is 6.42 Å². The van der Waals surface area contributed by atoms with E-state index in [4.69, 9.17) is 0 Å². The van der Waals surface area contributed by atoms with Crippen molar-refractivity contribution in [2.75, 3.05) is 5.32 Å². The normalized spacial score (nSPS) is 11.0. The molecule has 0 aliphatic carbocycles. The van der Waals surface area contributed by atoms with Crippen LogP contribution in [0.5, 0.6) is 0 Å². The van der Waals surface area contributed by atoms with Crippen molar-refractivity contribution in [2.24, 2.45) is 0 Å². The molecule has 2 aromatic carbocycles. The minimum atomic E-state index is 0.0324. The minimum absolute atomic E-state index is 0.0324. The number of benzene rings is 2. The molecule has 0 aliphatic heterocycles. The lowest BCUT2D eigenvalue weighted by atomic mass is 10.1.